The topological polar surface area (TPSA) is 107 Å². The van der Waals surface area contributed by atoms with E-state index in [-0.39, 0.29) is 18.5 Å². The largest absolute Gasteiger partial charge is 0.481 e. The molecule has 114 valence electrons. The van der Waals surface area contributed by atoms with Gasteiger partial charge in [-0.25, -0.2) is 5.43 Å². The number of hydrogen-bond acceptors (Lipinski definition) is 4. The van der Waals surface area contributed by atoms with Crippen LogP contribution in [0.3, 0.4) is 0 Å². The van der Waals surface area contributed by atoms with Crippen LogP contribution < -0.4 is 5.43 Å². The lowest BCUT2D eigenvalue weighted by molar-refractivity contribution is -0.136. The number of carboxylic acids is 1. The van der Waals surface area contributed by atoms with Gasteiger partial charge in [-0.2, -0.15) is 10.2 Å². The molecule has 7 heteroatoms. The van der Waals surface area contributed by atoms with Crippen LogP contribution in [0.4, 0.5) is 0 Å². The number of hydrazone groups is 1. The zero-order valence-corrected chi connectivity index (χ0v) is 12.0. The number of carbonyl (C=O) groups is 2. The molecule has 7 nitrogen and oxygen atoms in total. The predicted molar refractivity (Wildman–Crippen MR) is 80.6 cm³/mol. The van der Waals surface area contributed by atoms with Crippen molar-refractivity contribution in [2.45, 2.75) is 19.8 Å². The Bertz CT molecular complexity index is 692. The molecule has 0 fully saturated rings. The second-order valence-corrected chi connectivity index (χ2v) is 4.70. The lowest BCUT2D eigenvalue weighted by Gasteiger charge is -2.05. The Morgan fingerprint density at radius 3 is 2.59 bits per heavy atom. The number of nitrogens with one attached hydrogen (secondary N) is 2. The van der Waals surface area contributed by atoms with E-state index in [4.69, 9.17) is 5.11 Å². The van der Waals surface area contributed by atoms with Crippen LogP contribution in [0.25, 0.3) is 0 Å². The van der Waals surface area contributed by atoms with Crippen molar-refractivity contribution in [2.24, 2.45) is 5.10 Å². The maximum atomic E-state index is 11.9. The van der Waals surface area contributed by atoms with E-state index in [1.54, 1.807) is 13.0 Å². The highest BCUT2D eigenvalue weighted by atomic mass is 16.4. The van der Waals surface area contributed by atoms with Crippen LogP contribution in [0.5, 0.6) is 0 Å². The van der Waals surface area contributed by atoms with Crippen molar-refractivity contribution in [3.8, 4) is 0 Å². The molecule has 2 aromatic rings. The molecule has 0 radical (unpaired) electrons. The number of carbonyl (C=O) groups excluding carboxylic acids is 1. The van der Waals surface area contributed by atoms with Crippen LogP contribution in [-0.2, 0) is 4.79 Å². The van der Waals surface area contributed by atoms with Crippen LogP contribution in [0, 0.1) is 6.92 Å². The maximum Gasteiger partial charge on any atom is 0.303 e. The highest BCUT2D eigenvalue weighted by molar-refractivity contribution is 6.02. The minimum atomic E-state index is -0.919. The molecule has 0 aliphatic rings. The summed E-state index contributed by atoms with van der Waals surface area (Å²) in [5.74, 6) is -1.37. The van der Waals surface area contributed by atoms with Gasteiger partial charge in [0.1, 0.15) is 0 Å². The zero-order valence-electron chi connectivity index (χ0n) is 12.0. The van der Waals surface area contributed by atoms with Crippen molar-refractivity contribution in [3.63, 3.8) is 0 Å². The van der Waals surface area contributed by atoms with E-state index in [0.29, 0.717) is 5.71 Å². The van der Waals surface area contributed by atoms with Gasteiger partial charge in [-0.15, -0.1) is 0 Å². The first-order chi connectivity index (χ1) is 10.6. The first kappa shape index (κ1) is 15.4. The van der Waals surface area contributed by atoms with Crippen LogP contribution in [0.15, 0.2) is 41.5 Å². The molecule has 1 aromatic carbocycles. The molecule has 0 spiro atoms. The van der Waals surface area contributed by atoms with Gasteiger partial charge in [0.2, 0.25) is 0 Å². The highest BCUT2D eigenvalue weighted by Gasteiger charge is 2.11. The van der Waals surface area contributed by atoms with E-state index in [1.165, 1.54) is 0 Å². The molecule has 1 amide bonds. The fourth-order valence-corrected chi connectivity index (χ4v) is 1.83. The Kier molecular flexibility index (Phi) is 5.02. The number of benzene rings is 1. The smallest absolute Gasteiger partial charge is 0.303 e. The fourth-order valence-electron chi connectivity index (χ4n) is 1.83. The monoisotopic (exact) mass is 300 g/mol. The number of carboxylic acid groups (broad SMARTS) is 1. The van der Waals surface area contributed by atoms with Gasteiger partial charge >= 0.3 is 5.97 Å². The SMILES string of the molecule is Cc1cc(C(=O)NN=C(CCC(=O)O)c2ccccc2)n[nH]1. The molecule has 1 heterocycles. The highest BCUT2D eigenvalue weighted by Crippen LogP contribution is 2.07. The van der Waals surface area contributed by atoms with Crippen LogP contribution in [0.2, 0.25) is 0 Å². The van der Waals surface area contributed by atoms with Gasteiger partial charge in [0.25, 0.3) is 5.91 Å². The van der Waals surface area contributed by atoms with Gasteiger partial charge in [0.15, 0.2) is 5.69 Å². The van der Waals surface area contributed by atoms with Crippen molar-refractivity contribution < 1.29 is 14.7 Å². The summed E-state index contributed by atoms with van der Waals surface area (Å²) in [5, 5.41) is 19.4. The Morgan fingerprint density at radius 2 is 2.00 bits per heavy atom. The molecule has 2 rings (SSSR count). The minimum Gasteiger partial charge on any atom is -0.481 e. The quantitative estimate of drug-likeness (QED) is 0.557. The second kappa shape index (κ2) is 7.16. The molecule has 0 atom stereocenters. The number of aromatic amines is 1. The lowest BCUT2D eigenvalue weighted by Crippen LogP contribution is -2.21. The third-order valence-electron chi connectivity index (χ3n) is 2.91. The van der Waals surface area contributed by atoms with E-state index in [2.05, 4.69) is 20.7 Å². The molecule has 0 saturated carbocycles. The Labute approximate surface area is 127 Å². The zero-order chi connectivity index (χ0) is 15.9. The van der Waals surface area contributed by atoms with E-state index >= 15 is 0 Å². The Balaban J connectivity index is 2.13. The molecule has 0 aliphatic heterocycles. The normalized spacial score (nSPS) is 11.2. The first-order valence-corrected chi connectivity index (χ1v) is 6.72. The summed E-state index contributed by atoms with van der Waals surface area (Å²) in [6.07, 6.45) is 0.157. The fraction of sp³-hybridized carbons (Fsp3) is 0.200. The summed E-state index contributed by atoms with van der Waals surface area (Å²) >= 11 is 0. The van der Waals surface area contributed by atoms with E-state index in [0.717, 1.165) is 11.3 Å². The average molecular weight is 300 g/mol. The van der Waals surface area contributed by atoms with Gasteiger partial charge in [-0.05, 0) is 18.6 Å². The number of aryl methyl sites for hydroxylation is 1. The minimum absolute atomic E-state index is 0.0644. The number of nitrogens with zero attached hydrogens (tertiary/aromatic N) is 2. The summed E-state index contributed by atoms with van der Waals surface area (Å²) < 4.78 is 0. The van der Waals surface area contributed by atoms with Crippen molar-refractivity contribution in [2.75, 3.05) is 0 Å². The summed E-state index contributed by atoms with van der Waals surface area (Å²) in [7, 11) is 0. The Morgan fingerprint density at radius 1 is 1.27 bits per heavy atom. The predicted octanol–water partition coefficient (Wildman–Crippen LogP) is 1.72. The molecule has 1 aromatic heterocycles. The summed E-state index contributed by atoms with van der Waals surface area (Å²) in [5.41, 5.74) is 4.67. The lowest BCUT2D eigenvalue weighted by atomic mass is 10.1. The number of amides is 1. The summed E-state index contributed by atoms with van der Waals surface area (Å²) in [6, 6.07) is 10.7. The van der Waals surface area contributed by atoms with E-state index in [1.807, 2.05) is 30.3 Å². The Hall–Kier alpha value is -2.96. The van der Waals surface area contributed by atoms with Gasteiger partial charge in [0, 0.05) is 12.1 Å². The van der Waals surface area contributed by atoms with E-state index in [9.17, 15) is 9.59 Å². The number of H-pyrrole nitrogens is 1. The molecule has 0 saturated heterocycles. The van der Waals surface area contributed by atoms with Crippen molar-refractivity contribution >= 4 is 17.6 Å². The molecular formula is C15H16N4O3. The average Bonchev–Trinajstić information content (AvgIpc) is 2.94. The molecule has 22 heavy (non-hydrogen) atoms. The van der Waals surface area contributed by atoms with Crippen LogP contribution >= 0.6 is 0 Å². The van der Waals surface area contributed by atoms with Crippen LogP contribution in [0.1, 0.15) is 34.6 Å². The standard InChI is InChI=1S/C15H16N4O3/c1-10-9-13(18-16-10)15(22)19-17-12(7-8-14(20)21)11-5-3-2-4-6-11/h2-6,9H,7-8H2,1H3,(H,16,18)(H,19,22)(H,20,21). The third-order valence-corrected chi connectivity index (χ3v) is 2.91. The maximum absolute atomic E-state index is 11.9. The van der Waals surface area contributed by atoms with Crippen molar-refractivity contribution in [1.82, 2.24) is 15.6 Å². The van der Waals surface area contributed by atoms with Gasteiger partial charge < -0.3 is 5.11 Å². The van der Waals surface area contributed by atoms with Crippen molar-refractivity contribution in [3.05, 3.63) is 53.3 Å². The number of hydrogen-bond donors (Lipinski definition) is 3. The van der Waals surface area contributed by atoms with E-state index < -0.39 is 11.9 Å². The van der Waals surface area contributed by atoms with Gasteiger partial charge in [-0.3, -0.25) is 14.7 Å². The summed E-state index contributed by atoms with van der Waals surface area (Å²) in [4.78, 5) is 22.7. The molecule has 0 aliphatic carbocycles. The molecule has 0 unspecified atom stereocenters. The van der Waals surface area contributed by atoms with Gasteiger partial charge in [-0.1, -0.05) is 30.3 Å². The molecule has 3 N–H and O–H groups in total. The number of aromatic nitrogens is 2. The van der Waals surface area contributed by atoms with Crippen LogP contribution in [-0.4, -0.2) is 32.9 Å². The second-order valence-electron chi connectivity index (χ2n) is 4.70. The number of aliphatic carboxylic acids is 1. The summed E-state index contributed by atoms with van der Waals surface area (Å²) in [6.45, 7) is 1.79. The third kappa shape index (κ3) is 4.27. The molecule has 0 bridgehead atoms. The first-order valence-electron chi connectivity index (χ1n) is 6.72. The molecular weight excluding hydrogens is 284 g/mol. The number of rotatable bonds is 6. The van der Waals surface area contributed by atoms with Crippen molar-refractivity contribution in [1.29, 1.82) is 0 Å². The van der Waals surface area contributed by atoms with Gasteiger partial charge in [0.05, 0.1) is 12.1 Å².